The topological polar surface area (TPSA) is 41.5 Å². The fourth-order valence-corrected chi connectivity index (χ4v) is 2.94. The number of nitrogens with zero attached hydrogens (tertiary/aromatic N) is 4. The molecule has 3 rings (SSSR count). The van der Waals surface area contributed by atoms with Gasteiger partial charge >= 0.3 is 0 Å². The summed E-state index contributed by atoms with van der Waals surface area (Å²) in [5, 5.41) is 3.95. The minimum Gasteiger partial charge on any atom is -0.474 e. The van der Waals surface area contributed by atoms with Crippen LogP contribution in [0, 0.1) is 11.8 Å². The predicted molar refractivity (Wildman–Crippen MR) is 108 cm³/mol. The second kappa shape index (κ2) is 8.17. The van der Waals surface area contributed by atoms with Crippen LogP contribution in [-0.4, -0.2) is 56.2 Å². The van der Waals surface area contributed by atoms with E-state index < -0.39 is 0 Å². The third-order valence-electron chi connectivity index (χ3n) is 3.76. The Morgan fingerprint density at radius 1 is 0.962 bits per heavy atom. The first kappa shape index (κ1) is 18.2. The Morgan fingerprint density at radius 2 is 1.65 bits per heavy atom. The van der Waals surface area contributed by atoms with Crippen molar-refractivity contribution in [3.05, 3.63) is 46.3 Å². The van der Waals surface area contributed by atoms with Crippen LogP contribution in [0.3, 0.4) is 0 Å². The number of benzene rings is 1. The number of thiophene rings is 1. The van der Waals surface area contributed by atoms with Crippen molar-refractivity contribution >= 4 is 28.1 Å². The lowest BCUT2D eigenvalue weighted by molar-refractivity contribution is 0.253. The third kappa shape index (κ3) is 4.51. The van der Waals surface area contributed by atoms with Crippen LogP contribution in [0.15, 0.2) is 35.0 Å². The molecule has 0 N–H and O–H groups in total. The predicted octanol–water partition coefficient (Wildman–Crippen LogP) is 3.10. The molecular weight excluding hydrogens is 344 g/mol. The summed E-state index contributed by atoms with van der Waals surface area (Å²) in [6, 6.07) is 8.11. The van der Waals surface area contributed by atoms with Crippen molar-refractivity contribution in [2.45, 2.75) is 0 Å². The van der Waals surface area contributed by atoms with Gasteiger partial charge in [0.05, 0.1) is 0 Å². The van der Waals surface area contributed by atoms with Crippen molar-refractivity contribution in [3.63, 3.8) is 0 Å². The maximum atomic E-state index is 5.84. The molecule has 2 aromatic heterocycles. The standard InChI is InChI=1S/C20H22N4OS/c1-23(2)11-12-25-20-17(21-18-13-26-14-19(18)22-20)10-7-15-5-8-16(9-6-15)24(3)4/h5-6,8-9,13-14H,11-12H2,1-4H3. The lowest BCUT2D eigenvalue weighted by Crippen LogP contribution is -2.20. The monoisotopic (exact) mass is 366 g/mol. The van der Waals surface area contributed by atoms with E-state index in [0.717, 1.165) is 28.8 Å². The normalized spacial score (nSPS) is 10.7. The fourth-order valence-electron chi connectivity index (χ4n) is 2.26. The molecule has 6 heteroatoms. The SMILES string of the molecule is CN(C)CCOc1nc2cscc2nc1C#Cc1ccc(N(C)C)cc1. The van der Waals surface area contributed by atoms with E-state index in [-0.39, 0.29) is 0 Å². The molecular formula is C20H22N4OS. The molecule has 3 aromatic rings. The lowest BCUT2D eigenvalue weighted by Gasteiger charge is -2.11. The van der Waals surface area contributed by atoms with Gasteiger partial charge in [-0.15, -0.1) is 11.3 Å². The Balaban J connectivity index is 1.88. The molecule has 2 heterocycles. The molecule has 0 saturated carbocycles. The van der Waals surface area contributed by atoms with Crippen molar-refractivity contribution in [2.24, 2.45) is 0 Å². The molecule has 0 spiro atoms. The Labute approximate surface area is 158 Å². The number of hydrogen-bond acceptors (Lipinski definition) is 6. The molecule has 26 heavy (non-hydrogen) atoms. The Bertz CT molecular complexity index is 936. The lowest BCUT2D eigenvalue weighted by atomic mass is 10.2. The van der Waals surface area contributed by atoms with Crippen molar-refractivity contribution in [1.82, 2.24) is 14.9 Å². The summed E-state index contributed by atoms with van der Waals surface area (Å²) in [5.41, 5.74) is 4.34. The van der Waals surface area contributed by atoms with Gasteiger partial charge in [-0.2, -0.15) is 0 Å². The largest absolute Gasteiger partial charge is 0.474 e. The average Bonchev–Trinajstić information content (AvgIpc) is 3.07. The van der Waals surface area contributed by atoms with E-state index in [0.29, 0.717) is 18.2 Å². The van der Waals surface area contributed by atoms with Crippen LogP contribution in [-0.2, 0) is 0 Å². The van der Waals surface area contributed by atoms with Crippen molar-refractivity contribution < 1.29 is 4.74 Å². The molecule has 0 amide bonds. The summed E-state index contributed by atoms with van der Waals surface area (Å²) in [5.74, 6) is 6.79. The highest BCUT2D eigenvalue weighted by atomic mass is 32.1. The van der Waals surface area contributed by atoms with E-state index in [9.17, 15) is 0 Å². The molecule has 0 aliphatic heterocycles. The molecule has 0 atom stereocenters. The maximum Gasteiger partial charge on any atom is 0.249 e. The van der Waals surface area contributed by atoms with Crippen LogP contribution in [0.1, 0.15) is 11.3 Å². The van der Waals surface area contributed by atoms with Crippen molar-refractivity contribution in [3.8, 4) is 17.7 Å². The fraction of sp³-hybridized carbons (Fsp3) is 0.300. The zero-order valence-corrected chi connectivity index (χ0v) is 16.3. The smallest absolute Gasteiger partial charge is 0.249 e. The van der Waals surface area contributed by atoms with Crippen LogP contribution in [0.2, 0.25) is 0 Å². The summed E-state index contributed by atoms with van der Waals surface area (Å²) in [6.07, 6.45) is 0. The Hall–Kier alpha value is -2.62. The minimum atomic E-state index is 0.496. The first-order valence-corrected chi connectivity index (χ1v) is 9.28. The molecule has 5 nitrogen and oxygen atoms in total. The van der Waals surface area contributed by atoms with Crippen LogP contribution in [0.5, 0.6) is 5.88 Å². The minimum absolute atomic E-state index is 0.496. The second-order valence-corrected chi connectivity index (χ2v) is 7.11. The van der Waals surface area contributed by atoms with Gasteiger partial charge in [-0.05, 0) is 44.3 Å². The van der Waals surface area contributed by atoms with Crippen molar-refractivity contribution in [2.75, 3.05) is 46.2 Å². The van der Waals surface area contributed by atoms with Gasteiger partial charge in [-0.1, -0.05) is 5.92 Å². The van der Waals surface area contributed by atoms with Crippen LogP contribution < -0.4 is 9.64 Å². The van der Waals surface area contributed by atoms with Gasteiger partial charge < -0.3 is 14.5 Å². The van der Waals surface area contributed by atoms with E-state index in [1.165, 1.54) is 0 Å². The quantitative estimate of drug-likeness (QED) is 0.649. The summed E-state index contributed by atoms with van der Waals surface area (Å²) >= 11 is 1.58. The van der Waals surface area contributed by atoms with Gasteiger partial charge in [0.2, 0.25) is 5.88 Å². The number of likely N-dealkylation sites (N-methyl/N-ethyl adjacent to an activating group) is 1. The number of aromatic nitrogens is 2. The summed E-state index contributed by atoms with van der Waals surface area (Å²) < 4.78 is 5.84. The molecule has 0 aliphatic carbocycles. The highest BCUT2D eigenvalue weighted by Crippen LogP contribution is 2.21. The number of anilines is 1. The van der Waals surface area contributed by atoms with Crippen molar-refractivity contribution in [1.29, 1.82) is 0 Å². The van der Waals surface area contributed by atoms with Gasteiger partial charge in [-0.25, -0.2) is 9.97 Å². The van der Waals surface area contributed by atoms with E-state index in [2.05, 4.69) is 31.6 Å². The Morgan fingerprint density at radius 3 is 2.31 bits per heavy atom. The van der Waals surface area contributed by atoms with Crippen LogP contribution >= 0.6 is 11.3 Å². The number of ether oxygens (including phenoxy) is 1. The van der Waals surface area contributed by atoms with Gasteiger partial charge in [-0.3, -0.25) is 0 Å². The Kier molecular flexibility index (Phi) is 5.71. The molecule has 0 aliphatic rings. The molecule has 134 valence electrons. The number of hydrogen-bond donors (Lipinski definition) is 0. The van der Waals surface area contributed by atoms with E-state index in [1.54, 1.807) is 11.3 Å². The summed E-state index contributed by atoms with van der Waals surface area (Å²) in [4.78, 5) is 13.3. The van der Waals surface area contributed by atoms with E-state index >= 15 is 0 Å². The zero-order chi connectivity index (χ0) is 18.5. The van der Waals surface area contributed by atoms with E-state index in [1.807, 2.05) is 63.2 Å². The van der Waals surface area contributed by atoms with Gasteiger partial charge in [0.1, 0.15) is 17.6 Å². The molecule has 1 aromatic carbocycles. The highest BCUT2D eigenvalue weighted by molar-refractivity contribution is 7.09. The number of fused-ring (bicyclic) bond motifs is 1. The third-order valence-corrected chi connectivity index (χ3v) is 4.48. The van der Waals surface area contributed by atoms with Gasteiger partial charge in [0.15, 0.2) is 5.69 Å². The first-order valence-electron chi connectivity index (χ1n) is 8.34. The molecule has 0 unspecified atom stereocenters. The van der Waals surface area contributed by atoms with Crippen LogP contribution in [0.25, 0.3) is 11.0 Å². The summed E-state index contributed by atoms with van der Waals surface area (Å²) in [6.45, 7) is 1.35. The second-order valence-electron chi connectivity index (χ2n) is 6.36. The number of rotatable bonds is 5. The van der Waals surface area contributed by atoms with Crippen LogP contribution in [0.4, 0.5) is 5.69 Å². The molecule has 0 saturated heterocycles. The molecule has 0 radical (unpaired) electrons. The highest BCUT2D eigenvalue weighted by Gasteiger charge is 2.09. The zero-order valence-electron chi connectivity index (χ0n) is 15.5. The average molecular weight is 366 g/mol. The summed E-state index contributed by atoms with van der Waals surface area (Å²) in [7, 11) is 8.05. The van der Waals surface area contributed by atoms with Gasteiger partial charge in [0, 0.05) is 42.7 Å². The molecule has 0 bridgehead atoms. The molecule has 0 fully saturated rings. The van der Waals surface area contributed by atoms with E-state index in [4.69, 9.17) is 4.74 Å². The maximum absolute atomic E-state index is 5.84. The van der Waals surface area contributed by atoms with Gasteiger partial charge in [0.25, 0.3) is 0 Å². The first-order chi connectivity index (χ1) is 12.5.